The minimum absolute atomic E-state index is 0.144. The maximum atomic E-state index is 13.5. The molecule has 0 bridgehead atoms. The molecule has 1 amide bonds. The number of aryl methyl sites for hydroxylation is 3. The number of hydrogen-bond acceptors (Lipinski definition) is 4. The van der Waals surface area contributed by atoms with Crippen molar-refractivity contribution in [3.05, 3.63) is 118 Å². The van der Waals surface area contributed by atoms with Crippen LogP contribution in [-0.2, 0) is 24.2 Å². The lowest BCUT2D eigenvalue weighted by atomic mass is 9.91. The van der Waals surface area contributed by atoms with Gasteiger partial charge in [-0.15, -0.1) is 6.42 Å². The summed E-state index contributed by atoms with van der Waals surface area (Å²) >= 11 is 1.10. The van der Waals surface area contributed by atoms with Crippen molar-refractivity contribution in [2.75, 3.05) is 4.90 Å². The van der Waals surface area contributed by atoms with Gasteiger partial charge in [-0.3, -0.25) is 14.9 Å². The van der Waals surface area contributed by atoms with Gasteiger partial charge in [0.1, 0.15) is 0 Å². The molecule has 196 valence electrons. The van der Waals surface area contributed by atoms with Gasteiger partial charge in [0.15, 0.2) is 0 Å². The third kappa shape index (κ3) is 8.48. The van der Waals surface area contributed by atoms with E-state index in [1.807, 2.05) is 48.2 Å². The Balaban J connectivity index is 0.000000436. The number of carbonyl (C=O) groups is 1. The molecule has 0 saturated carbocycles. The lowest BCUT2D eigenvalue weighted by Crippen LogP contribution is -2.32. The predicted octanol–water partition coefficient (Wildman–Crippen LogP) is 7.29. The zero-order valence-electron chi connectivity index (χ0n) is 22.4. The molecule has 5 heteroatoms. The van der Waals surface area contributed by atoms with Crippen molar-refractivity contribution in [3.63, 3.8) is 0 Å². The van der Waals surface area contributed by atoms with Gasteiger partial charge in [0, 0.05) is 28.8 Å². The number of fused-ring (bicyclic) bond motifs is 1. The summed E-state index contributed by atoms with van der Waals surface area (Å²) in [5, 5.41) is 5.15. The number of nitrogens with two attached hydrogens (primary N) is 1. The van der Waals surface area contributed by atoms with Gasteiger partial charge in [-0.05, 0) is 91.4 Å². The van der Waals surface area contributed by atoms with Crippen LogP contribution < -0.4 is 10.0 Å². The maximum absolute atomic E-state index is 13.5. The Bertz CT molecular complexity index is 1290. The highest BCUT2D eigenvalue weighted by Crippen LogP contribution is 2.29. The molecular formula is C33H37N3OS. The van der Waals surface area contributed by atoms with Crippen LogP contribution in [0.3, 0.4) is 0 Å². The zero-order chi connectivity index (χ0) is 27.3. The Hall–Kier alpha value is -3.59. The molecule has 0 saturated heterocycles. The van der Waals surface area contributed by atoms with Crippen LogP contribution in [0.4, 0.5) is 5.69 Å². The number of aromatic nitrogens is 1. The van der Waals surface area contributed by atoms with Crippen LogP contribution in [0.25, 0.3) is 0 Å². The highest BCUT2D eigenvalue weighted by atomic mass is 32.2. The fourth-order valence-corrected chi connectivity index (χ4v) is 4.79. The van der Waals surface area contributed by atoms with E-state index in [0.29, 0.717) is 13.0 Å². The van der Waals surface area contributed by atoms with Gasteiger partial charge in [-0.1, -0.05) is 68.0 Å². The first-order valence-electron chi connectivity index (χ1n) is 13.0. The van der Waals surface area contributed by atoms with Gasteiger partial charge in [-0.2, -0.15) is 0 Å². The fourth-order valence-electron chi connectivity index (χ4n) is 4.56. The molecule has 3 aromatic rings. The van der Waals surface area contributed by atoms with Gasteiger partial charge in [-0.25, -0.2) is 0 Å². The first-order valence-corrected chi connectivity index (χ1v) is 13.9. The van der Waals surface area contributed by atoms with Crippen LogP contribution in [0.1, 0.15) is 60.2 Å². The summed E-state index contributed by atoms with van der Waals surface area (Å²) in [6, 6.07) is 22.9. The second-order valence-corrected chi connectivity index (χ2v) is 10.2. The number of nitrogens with zero attached hydrogens (tertiary/aromatic N) is 2. The van der Waals surface area contributed by atoms with E-state index < -0.39 is 0 Å². The summed E-state index contributed by atoms with van der Waals surface area (Å²) in [7, 11) is 0. The normalized spacial score (nSPS) is 13.3. The molecule has 2 aromatic carbocycles. The summed E-state index contributed by atoms with van der Waals surface area (Å²) in [6.07, 6.45) is 13.3. The fraction of sp³-hybridized carbons (Fsp3) is 0.273. The quantitative estimate of drug-likeness (QED) is 0.191. The standard InChI is InChI=1S/C27H30N2O.C6H7NS/c1-20(22-10-4-3-5-11-22)17-27(30)29(19-25-14-8-9-21(2)28-25)26-16-15-23-12-6-7-13-24(23)18-26;1-3-5-6(4-2)8-7/h3-5,8-11,14-16,18,20H,6-7,12-13,17,19H2,1-2H3;1,4-5H,2,7H2/b;6-5+/t20-;/m0./s1. The third-order valence-corrected chi connectivity index (χ3v) is 7.18. The first kappa shape index (κ1) is 29.0. The molecule has 1 aliphatic rings. The highest BCUT2D eigenvalue weighted by Gasteiger charge is 2.22. The van der Waals surface area contributed by atoms with Crippen molar-refractivity contribution >= 4 is 23.5 Å². The first-order chi connectivity index (χ1) is 18.4. The van der Waals surface area contributed by atoms with E-state index in [1.54, 1.807) is 12.2 Å². The molecule has 0 radical (unpaired) electrons. The van der Waals surface area contributed by atoms with Crippen molar-refractivity contribution in [2.24, 2.45) is 5.14 Å². The average Bonchev–Trinajstić information content (AvgIpc) is 2.95. The Labute approximate surface area is 232 Å². The largest absolute Gasteiger partial charge is 0.306 e. The Morgan fingerprint density at radius 3 is 2.50 bits per heavy atom. The van der Waals surface area contributed by atoms with Crippen molar-refractivity contribution in [1.29, 1.82) is 0 Å². The van der Waals surface area contributed by atoms with Gasteiger partial charge < -0.3 is 4.90 Å². The number of rotatable bonds is 8. The molecule has 0 aliphatic heterocycles. The second-order valence-electron chi connectivity index (χ2n) is 9.46. The summed E-state index contributed by atoms with van der Waals surface area (Å²) in [5.74, 6) is 2.65. The molecule has 1 atom stereocenters. The SMILES string of the molecule is C#C/C=C(\C=C)SN.Cc1cccc(CN(C(=O)C[C@H](C)c2ccccc2)c2ccc3c(c2)CCCC3)n1. The van der Waals surface area contributed by atoms with E-state index in [1.165, 1.54) is 29.5 Å². The number of pyridine rings is 1. The maximum Gasteiger partial charge on any atom is 0.227 e. The minimum atomic E-state index is 0.144. The third-order valence-electron chi connectivity index (χ3n) is 6.62. The highest BCUT2D eigenvalue weighted by molar-refractivity contribution is 8.01. The van der Waals surface area contributed by atoms with Crippen molar-refractivity contribution in [1.82, 2.24) is 4.98 Å². The molecule has 1 aliphatic carbocycles. The summed E-state index contributed by atoms with van der Waals surface area (Å²) in [4.78, 5) is 20.9. The van der Waals surface area contributed by atoms with Crippen LogP contribution in [0, 0.1) is 19.3 Å². The lowest BCUT2D eigenvalue weighted by molar-refractivity contribution is -0.119. The monoisotopic (exact) mass is 523 g/mol. The molecule has 1 heterocycles. The molecule has 38 heavy (non-hydrogen) atoms. The van der Waals surface area contributed by atoms with E-state index in [2.05, 4.69) is 54.7 Å². The van der Waals surface area contributed by atoms with Gasteiger partial charge in [0.05, 0.1) is 12.2 Å². The smallest absolute Gasteiger partial charge is 0.227 e. The van der Waals surface area contributed by atoms with Gasteiger partial charge >= 0.3 is 0 Å². The zero-order valence-corrected chi connectivity index (χ0v) is 23.2. The Kier molecular flexibility index (Phi) is 11.4. The van der Waals surface area contributed by atoms with Crippen LogP contribution in [-0.4, -0.2) is 10.9 Å². The molecule has 4 nitrogen and oxygen atoms in total. The Morgan fingerprint density at radius 1 is 1.13 bits per heavy atom. The number of terminal acetylenes is 1. The van der Waals surface area contributed by atoms with E-state index in [9.17, 15) is 4.79 Å². The average molecular weight is 524 g/mol. The Morgan fingerprint density at radius 2 is 1.87 bits per heavy atom. The van der Waals surface area contributed by atoms with Crippen LogP contribution in [0.2, 0.25) is 0 Å². The van der Waals surface area contributed by atoms with Crippen molar-refractivity contribution in [2.45, 2.75) is 58.4 Å². The van der Waals surface area contributed by atoms with Crippen LogP contribution >= 0.6 is 11.9 Å². The molecular weight excluding hydrogens is 486 g/mol. The molecule has 0 spiro atoms. The number of carbonyl (C=O) groups excluding carboxylic acids is 1. The molecule has 0 fully saturated rings. The number of hydrogen-bond donors (Lipinski definition) is 1. The van der Waals surface area contributed by atoms with Gasteiger partial charge in [0.2, 0.25) is 5.91 Å². The lowest BCUT2D eigenvalue weighted by Gasteiger charge is -2.26. The van der Waals surface area contributed by atoms with Crippen molar-refractivity contribution in [3.8, 4) is 12.3 Å². The molecule has 4 rings (SSSR count). The van der Waals surface area contributed by atoms with E-state index in [4.69, 9.17) is 11.6 Å². The summed E-state index contributed by atoms with van der Waals surface area (Å²) in [5.41, 5.74) is 6.92. The van der Waals surface area contributed by atoms with Gasteiger partial charge in [0.25, 0.3) is 0 Å². The minimum Gasteiger partial charge on any atom is -0.306 e. The summed E-state index contributed by atoms with van der Waals surface area (Å²) < 4.78 is 0. The number of benzene rings is 2. The predicted molar refractivity (Wildman–Crippen MR) is 162 cm³/mol. The van der Waals surface area contributed by atoms with Crippen LogP contribution in [0.5, 0.6) is 0 Å². The van der Waals surface area contributed by atoms with Crippen molar-refractivity contribution < 1.29 is 4.79 Å². The topological polar surface area (TPSA) is 59.2 Å². The molecule has 2 N–H and O–H groups in total. The number of anilines is 1. The number of amides is 1. The van der Waals surface area contributed by atoms with E-state index in [0.717, 1.165) is 46.8 Å². The van der Waals surface area contributed by atoms with E-state index in [-0.39, 0.29) is 11.8 Å². The van der Waals surface area contributed by atoms with E-state index >= 15 is 0 Å². The number of allylic oxidation sites excluding steroid dienone is 2. The van der Waals surface area contributed by atoms with Crippen LogP contribution in [0.15, 0.2) is 90.4 Å². The second kappa shape index (κ2) is 15.0. The summed E-state index contributed by atoms with van der Waals surface area (Å²) in [6.45, 7) is 8.11. The molecule has 1 aromatic heterocycles. The molecule has 0 unspecified atom stereocenters.